The Morgan fingerprint density at radius 1 is 1.14 bits per heavy atom. The molecule has 2 N–H and O–H groups in total. The molecule has 3 nitrogen and oxygen atoms in total. The van der Waals surface area contributed by atoms with E-state index in [1.54, 1.807) is 0 Å². The molecule has 0 aromatic heterocycles. The second-order valence-electron chi connectivity index (χ2n) is 3.72. The lowest BCUT2D eigenvalue weighted by Gasteiger charge is -2.08. The third kappa shape index (κ3) is 3.56. The molecular formula is C11H16O3. The van der Waals surface area contributed by atoms with E-state index in [1.807, 2.05) is 0 Å². The zero-order chi connectivity index (χ0) is 10.6. The van der Waals surface area contributed by atoms with E-state index in [-0.39, 0.29) is 11.5 Å². The topological polar surface area (TPSA) is 49.7 Å². The van der Waals surface area contributed by atoms with Crippen LogP contribution < -0.4 is 4.74 Å². The molecule has 0 fully saturated rings. The molecule has 0 bridgehead atoms. The van der Waals surface area contributed by atoms with E-state index in [1.165, 1.54) is 18.2 Å². The van der Waals surface area contributed by atoms with Crippen molar-refractivity contribution >= 4 is 0 Å². The zero-order valence-electron chi connectivity index (χ0n) is 8.53. The van der Waals surface area contributed by atoms with Crippen LogP contribution in [-0.4, -0.2) is 16.8 Å². The first kappa shape index (κ1) is 10.7. The maximum atomic E-state index is 9.16. The fraction of sp³-hybridized carbons (Fsp3) is 0.455. The number of phenolic OH excluding ortho intramolecular Hbond substituents is 2. The first-order chi connectivity index (χ1) is 6.58. The highest BCUT2D eigenvalue weighted by Gasteiger charge is 2.00. The summed E-state index contributed by atoms with van der Waals surface area (Å²) in [5, 5.41) is 18.3. The molecule has 0 spiro atoms. The van der Waals surface area contributed by atoms with Crippen LogP contribution in [0.4, 0.5) is 0 Å². The molecular weight excluding hydrogens is 180 g/mol. The van der Waals surface area contributed by atoms with Gasteiger partial charge in [0.15, 0.2) is 0 Å². The maximum absolute atomic E-state index is 9.16. The van der Waals surface area contributed by atoms with Crippen LogP contribution in [0.2, 0.25) is 0 Å². The molecule has 0 aliphatic carbocycles. The Balaban J connectivity index is 2.50. The lowest BCUT2D eigenvalue weighted by Crippen LogP contribution is -2.01. The van der Waals surface area contributed by atoms with Crippen molar-refractivity contribution in [2.75, 3.05) is 6.61 Å². The van der Waals surface area contributed by atoms with E-state index >= 15 is 0 Å². The van der Waals surface area contributed by atoms with Crippen LogP contribution in [0.5, 0.6) is 17.2 Å². The summed E-state index contributed by atoms with van der Waals surface area (Å²) in [5.74, 6) is 1.12. The van der Waals surface area contributed by atoms with Gasteiger partial charge in [-0.1, -0.05) is 13.8 Å². The predicted molar refractivity (Wildman–Crippen MR) is 54.7 cm³/mol. The minimum Gasteiger partial charge on any atom is -0.508 e. The van der Waals surface area contributed by atoms with Gasteiger partial charge in [-0.3, -0.25) is 0 Å². The number of rotatable bonds is 4. The first-order valence-electron chi connectivity index (χ1n) is 4.74. The summed E-state index contributed by atoms with van der Waals surface area (Å²) in [5.41, 5.74) is 0. The maximum Gasteiger partial charge on any atom is 0.126 e. The summed E-state index contributed by atoms with van der Waals surface area (Å²) in [6, 6.07) is 4.25. The molecule has 0 saturated carbocycles. The smallest absolute Gasteiger partial charge is 0.126 e. The number of phenols is 2. The van der Waals surface area contributed by atoms with Crippen LogP contribution in [0.25, 0.3) is 0 Å². The van der Waals surface area contributed by atoms with Gasteiger partial charge in [0.25, 0.3) is 0 Å². The van der Waals surface area contributed by atoms with E-state index in [2.05, 4.69) is 13.8 Å². The highest BCUT2D eigenvalue weighted by atomic mass is 16.5. The molecule has 0 amide bonds. The number of hydrogen-bond donors (Lipinski definition) is 2. The Morgan fingerprint density at radius 3 is 2.21 bits per heavy atom. The second kappa shape index (κ2) is 4.74. The summed E-state index contributed by atoms with van der Waals surface area (Å²) in [7, 11) is 0. The van der Waals surface area contributed by atoms with Gasteiger partial charge in [-0.2, -0.15) is 0 Å². The number of benzene rings is 1. The predicted octanol–water partition coefficient (Wildman–Crippen LogP) is 2.52. The number of hydrogen-bond acceptors (Lipinski definition) is 3. The van der Waals surface area contributed by atoms with Gasteiger partial charge >= 0.3 is 0 Å². The summed E-state index contributed by atoms with van der Waals surface area (Å²) in [6.45, 7) is 4.83. The van der Waals surface area contributed by atoms with Crippen molar-refractivity contribution in [1.29, 1.82) is 0 Å². The molecule has 1 aromatic carbocycles. The average Bonchev–Trinajstić information content (AvgIpc) is 2.01. The second-order valence-corrected chi connectivity index (χ2v) is 3.72. The summed E-state index contributed by atoms with van der Waals surface area (Å²) in [4.78, 5) is 0. The summed E-state index contributed by atoms with van der Waals surface area (Å²) in [6.07, 6.45) is 0.955. The third-order valence-electron chi connectivity index (χ3n) is 1.84. The van der Waals surface area contributed by atoms with Crippen molar-refractivity contribution in [3.63, 3.8) is 0 Å². The van der Waals surface area contributed by atoms with Crippen LogP contribution in [0, 0.1) is 5.92 Å². The normalized spacial score (nSPS) is 10.5. The highest BCUT2D eigenvalue weighted by molar-refractivity contribution is 5.40. The number of aromatic hydroxyl groups is 2. The SMILES string of the molecule is CC(C)CCOc1cc(O)cc(O)c1. The van der Waals surface area contributed by atoms with Gasteiger partial charge < -0.3 is 14.9 Å². The zero-order valence-corrected chi connectivity index (χ0v) is 8.53. The standard InChI is InChI=1S/C11H16O3/c1-8(2)3-4-14-11-6-9(12)5-10(13)7-11/h5-8,12-13H,3-4H2,1-2H3. The van der Waals surface area contributed by atoms with Gasteiger partial charge in [0.2, 0.25) is 0 Å². The largest absolute Gasteiger partial charge is 0.508 e. The summed E-state index contributed by atoms with van der Waals surface area (Å²) < 4.78 is 5.36. The van der Waals surface area contributed by atoms with Crippen molar-refractivity contribution < 1.29 is 14.9 Å². The Hall–Kier alpha value is -1.38. The molecule has 3 heteroatoms. The molecule has 1 aromatic rings. The van der Waals surface area contributed by atoms with Crippen LogP contribution in [0.1, 0.15) is 20.3 Å². The van der Waals surface area contributed by atoms with E-state index in [0.29, 0.717) is 18.3 Å². The van der Waals surface area contributed by atoms with Gasteiger partial charge in [0, 0.05) is 18.2 Å². The molecule has 0 aliphatic rings. The van der Waals surface area contributed by atoms with Gasteiger partial charge in [0.05, 0.1) is 6.61 Å². The van der Waals surface area contributed by atoms with Gasteiger partial charge in [-0.15, -0.1) is 0 Å². The highest BCUT2D eigenvalue weighted by Crippen LogP contribution is 2.25. The van der Waals surface area contributed by atoms with Crippen molar-refractivity contribution in [2.24, 2.45) is 5.92 Å². The Morgan fingerprint density at radius 2 is 1.71 bits per heavy atom. The molecule has 0 aliphatic heterocycles. The Bertz CT molecular complexity index is 274. The molecule has 0 saturated heterocycles. The van der Waals surface area contributed by atoms with Crippen LogP contribution in [0.3, 0.4) is 0 Å². The molecule has 0 radical (unpaired) electrons. The van der Waals surface area contributed by atoms with Gasteiger partial charge in [-0.05, 0) is 12.3 Å². The van der Waals surface area contributed by atoms with E-state index in [4.69, 9.17) is 14.9 Å². The van der Waals surface area contributed by atoms with E-state index < -0.39 is 0 Å². The number of ether oxygens (including phenoxy) is 1. The molecule has 0 unspecified atom stereocenters. The minimum atomic E-state index is 0.0181. The Labute approximate surface area is 84.0 Å². The van der Waals surface area contributed by atoms with Gasteiger partial charge in [-0.25, -0.2) is 0 Å². The van der Waals surface area contributed by atoms with Crippen molar-refractivity contribution in [3.8, 4) is 17.2 Å². The average molecular weight is 196 g/mol. The van der Waals surface area contributed by atoms with E-state index in [0.717, 1.165) is 6.42 Å². The van der Waals surface area contributed by atoms with Gasteiger partial charge in [0.1, 0.15) is 17.2 Å². The minimum absolute atomic E-state index is 0.0181. The molecule has 14 heavy (non-hydrogen) atoms. The first-order valence-corrected chi connectivity index (χ1v) is 4.74. The lowest BCUT2D eigenvalue weighted by atomic mass is 10.1. The van der Waals surface area contributed by atoms with E-state index in [9.17, 15) is 0 Å². The molecule has 0 heterocycles. The van der Waals surface area contributed by atoms with Crippen LogP contribution >= 0.6 is 0 Å². The van der Waals surface area contributed by atoms with Crippen molar-refractivity contribution in [1.82, 2.24) is 0 Å². The molecule has 1 rings (SSSR count). The lowest BCUT2D eigenvalue weighted by molar-refractivity contribution is 0.286. The Kier molecular flexibility index (Phi) is 3.63. The fourth-order valence-electron chi connectivity index (χ4n) is 1.06. The quantitative estimate of drug-likeness (QED) is 0.778. The summed E-state index contributed by atoms with van der Waals surface area (Å²) >= 11 is 0. The third-order valence-corrected chi connectivity index (χ3v) is 1.84. The van der Waals surface area contributed by atoms with Crippen LogP contribution in [0.15, 0.2) is 18.2 Å². The molecule has 78 valence electrons. The molecule has 0 atom stereocenters. The monoisotopic (exact) mass is 196 g/mol. The van der Waals surface area contributed by atoms with Crippen molar-refractivity contribution in [3.05, 3.63) is 18.2 Å². The fourth-order valence-corrected chi connectivity index (χ4v) is 1.06. The van der Waals surface area contributed by atoms with Crippen molar-refractivity contribution in [2.45, 2.75) is 20.3 Å². The van der Waals surface area contributed by atoms with Crippen LogP contribution in [-0.2, 0) is 0 Å².